The molecule has 0 aliphatic rings. The number of hydrogen-bond donors (Lipinski definition) is 0. The molecule has 0 radical (unpaired) electrons. The molecule has 0 aliphatic heterocycles. The largest absolute Gasteiger partial charge is 0.496 e. The average Bonchev–Trinajstić information content (AvgIpc) is 3.01. The Labute approximate surface area is 171 Å². The Morgan fingerprint density at radius 2 is 1.93 bits per heavy atom. The van der Waals surface area contributed by atoms with E-state index < -0.39 is 4.92 Å². The summed E-state index contributed by atoms with van der Waals surface area (Å²) in [6.45, 7) is 3.85. The monoisotopic (exact) mass is 408 g/mol. The highest BCUT2D eigenvalue weighted by Crippen LogP contribution is 2.41. The van der Waals surface area contributed by atoms with E-state index in [0.29, 0.717) is 16.5 Å². The van der Waals surface area contributed by atoms with Crippen molar-refractivity contribution < 1.29 is 9.66 Å². The molecule has 7 nitrogen and oxygen atoms in total. The van der Waals surface area contributed by atoms with E-state index in [1.54, 1.807) is 23.8 Å². The molecular formula is C21H17ClN4O3. The van der Waals surface area contributed by atoms with Crippen LogP contribution in [0, 0.1) is 24.0 Å². The SMILES string of the molecule is COc1cc(-c2c(Cl)n(-c3cccc([N+](=O)[O-])c3)c3ncnc(C)c23)ccc1C. The maximum Gasteiger partial charge on any atom is 0.271 e. The lowest BCUT2D eigenvalue weighted by molar-refractivity contribution is -0.384. The molecule has 0 aliphatic carbocycles. The van der Waals surface area contributed by atoms with Gasteiger partial charge in [0, 0.05) is 17.7 Å². The Morgan fingerprint density at radius 3 is 2.66 bits per heavy atom. The van der Waals surface area contributed by atoms with Crippen LogP contribution in [0.3, 0.4) is 0 Å². The van der Waals surface area contributed by atoms with Crippen LogP contribution in [0.5, 0.6) is 5.75 Å². The van der Waals surface area contributed by atoms with Crippen molar-refractivity contribution >= 4 is 28.3 Å². The molecule has 0 unspecified atom stereocenters. The molecule has 4 rings (SSSR count). The molecule has 0 spiro atoms. The van der Waals surface area contributed by atoms with E-state index in [-0.39, 0.29) is 5.69 Å². The minimum absolute atomic E-state index is 0.0234. The van der Waals surface area contributed by atoms with Crippen molar-refractivity contribution in [2.75, 3.05) is 7.11 Å². The summed E-state index contributed by atoms with van der Waals surface area (Å²) in [5, 5.41) is 12.4. The second kappa shape index (κ2) is 7.18. The summed E-state index contributed by atoms with van der Waals surface area (Å²) in [5.74, 6) is 0.740. The first-order chi connectivity index (χ1) is 13.9. The van der Waals surface area contributed by atoms with Crippen molar-refractivity contribution in [3.8, 4) is 22.6 Å². The first-order valence-electron chi connectivity index (χ1n) is 8.83. The second-order valence-electron chi connectivity index (χ2n) is 6.62. The molecule has 0 N–H and O–H groups in total. The van der Waals surface area contributed by atoms with Gasteiger partial charge in [0.25, 0.3) is 5.69 Å². The van der Waals surface area contributed by atoms with Crippen LogP contribution in [0.4, 0.5) is 5.69 Å². The average molecular weight is 409 g/mol. The summed E-state index contributed by atoms with van der Waals surface area (Å²) in [7, 11) is 1.62. The maximum absolute atomic E-state index is 11.2. The molecule has 4 aromatic rings. The number of halogens is 1. The zero-order valence-electron chi connectivity index (χ0n) is 16.0. The van der Waals surface area contributed by atoms with Crippen molar-refractivity contribution in [1.82, 2.24) is 14.5 Å². The molecule has 2 heterocycles. The highest BCUT2D eigenvalue weighted by Gasteiger charge is 2.23. The molecule has 146 valence electrons. The van der Waals surface area contributed by atoms with Crippen LogP contribution in [0.2, 0.25) is 5.15 Å². The van der Waals surface area contributed by atoms with Crippen molar-refractivity contribution in [3.05, 3.63) is 75.3 Å². The first-order valence-corrected chi connectivity index (χ1v) is 9.21. The third-order valence-electron chi connectivity index (χ3n) is 4.88. The van der Waals surface area contributed by atoms with Gasteiger partial charge < -0.3 is 4.74 Å². The van der Waals surface area contributed by atoms with Gasteiger partial charge in [0.15, 0.2) is 0 Å². The van der Waals surface area contributed by atoms with Crippen LogP contribution in [-0.4, -0.2) is 26.6 Å². The lowest BCUT2D eigenvalue weighted by Gasteiger charge is -2.09. The smallest absolute Gasteiger partial charge is 0.271 e. The zero-order chi connectivity index (χ0) is 20.7. The molecule has 0 atom stereocenters. The number of methoxy groups -OCH3 is 1. The standard InChI is InChI=1S/C21H17ClN4O3/c1-12-7-8-14(9-17(12)29-3)19-18-13(2)23-11-24-21(18)25(20(19)22)15-5-4-6-16(10-15)26(27)28/h4-11H,1-3H3. The van der Waals surface area contributed by atoms with Crippen LogP contribution >= 0.6 is 11.6 Å². The minimum atomic E-state index is -0.435. The lowest BCUT2D eigenvalue weighted by Crippen LogP contribution is -1.98. The van der Waals surface area contributed by atoms with Crippen LogP contribution < -0.4 is 4.74 Å². The Bertz CT molecular complexity index is 1270. The van der Waals surface area contributed by atoms with Gasteiger partial charge in [-0.1, -0.05) is 29.8 Å². The number of hydrogen-bond acceptors (Lipinski definition) is 5. The van der Waals surface area contributed by atoms with E-state index in [1.807, 2.05) is 32.0 Å². The van der Waals surface area contributed by atoms with Crippen molar-refractivity contribution in [1.29, 1.82) is 0 Å². The summed E-state index contributed by atoms with van der Waals surface area (Å²) < 4.78 is 7.18. The number of aromatic nitrogens is 3. The summed E-state index contributed by atoms with van der Waals surface area (Å²) in [6, 6.07) is 12.1. The third-order valence-corrected chi connectivity index (χ3v) is 5.23. The van der Waals surface area contributed by atoms with E-state index in [4.69, 9.17) is 16.3 Å². The molecule has 0 amide bonds. The minimum Gasteiger partial charge on any atom is -0.496 e. The van der Waals surface area contributed by atoms with Gasteiger partial charge in [-0.3, -0.25) is 14.7 Å². The van der Waals surface area contributed by atoms with Crippen molar-refractivity contribution in [2.45, 2.75) is 13.8 Å². The summed E-state index contributed by atoms with van der Waals surface area (Å²) in [6.07, 6.45) is 1.46. The molecule has 0 saturated carbocycles. The molecule has 2 aromatic heterocycles. The van der Waals surface area contributed by atoms with Gasteiger partial charge >= 0.3 is 0 Å². The van der Waals surface area contributed by atoms with Gasteiger partial charge in [-0.2, -0.15) is 0 Å². The van der Waals surface area contributed by atoms with Crippen molar-refractivity contribution in [2.24, 2.45) is 0 Å². The number of fused-ring (bicyclic) bond motifs is 1. The van der Waals surface area contributed by atoms with Crippen LogP contribution in [-0.2, 0) is 0 Å². The Balaban J connectivity index is 2.07. The second-order valence-corrected chi connectivity index (χ2v) is 6.98. The zero-order valence-corrected chi connectivity index (χ0v) is 16.8. The number of aryl methyl sites for hydroxylation is 2. The topological polar surface area (TPSA) is 83.1 Å². The van der Waals surface area contributed by atoms with Gasteiger partial charge in [-0.05, 0) is 37.1 Å². The fourth-order valence-electron chi connectivity index (χ4n) is 3.45. The summed E-state index contributed by atoms with van der Waals surface area (Å²) >= 11 is 6.84. The molecule has 2 aromatic carbocycles. The lowest BCUT2D eigenvalue weighted by atomic mass is 10.0. The van der Waals surface area contributed by atoms with Crippen LogP contribution in [0.1, 0.15) is 11.3 Å². The van der Waals surface area contributed by atoms with Crippen LogP contribution in [0.15, 0.2) is 48.8 Å². The van der Waals surface area contributed by atoms with E-state index in [2.05, 4.69) is 9.97 Å². The summed E-state index contributed by atoms with van der Waals surface area (Å²) in [5.41, 5.74) is 4.48. The highest BCUT2D eigenvalue weighted by atomic mass is 35.5. The van der Waals surface area contributed by atoms with Gasteiger partial charge in [-0.25, -0.2) is 9.97 Å². The molecule has 0 fully saturated rings. The van der Waals surface area contributed by atoms with Gasteiger partial charge in [0.2, 0.25) is 0 Å². The number of benzene rings is 2. The normalized spacial score (nSPS) is 11.0. The quantitative estimate of drug-likeness (QED) is 0.339. The van der Waals surface area contributed by atoms with Crippen molar-refractivity contribution in [3.63, 3.8) is 0 Å². The van der Waals surface area contributed by atoms with Crippen LogP contribution in [0.25, 0.3) is 27.8 Å². The van der Waals surface area contributed by atoms with E-state index in [9.17, 15) is 10.1 Å². The number of rotatable bonds is 4. The molecular weight excluding hydrogens is 392 g/mol. The highest BCUT2D eigenvalue weighted by molar-refractivity contribution is 6.35. The predicted molar refractivity (Wildman–Crippen MR) is 112 cm³/mol. The maximum atomic E-state index is 11.2. The number of nitro benzene ring substituents is 1. The molecule has 0 bridgehead atoms. The fraction of sp³-hybridized carbons (Fsp3) is 0.143. The first kappa shape index (κ1) is 18.9. The summed E-state index contributed by atoms with van der Waals surface area (Å²) in [4.78, 5) is 19.6. The number of ether oxygens (including phenoxy) is 1. The van der Waals surface area contributed by atoms with E-state index >= 15 is 0 Å². The Morgan fingerprint density at radius 1 is 1.14 bits per heavy atom. The number of nitrogens with zero attached hydrogens (tertiary/aromatic N) is 4. The Hall–Kier alpha value is -3.45. The predicted octanol–water partition coefficient (Wildman–Crippen LogP) is 5.27. The van der Waals surface area contributed by atoms with Gasteiger partial charge in [0.1, 0.15) is 22.9 Å². The molecule has 29 heavy (non-hydrogen) atoms. The van der Waals surface area contributed by atoms with Gasteiger partial charge in [0.05, 0.1) is 28.8 Å². The molecule has 0 saturated heterocycles. The van der Waals surface area contributed by atoms with Gasteiger partial charge in [-0.15, -0.1) is 0 Å². The van der Waals surface area contributed by atoms with E-state index in [0.717, 1.165) is 33.5 Å². The third kappa shape index (κ3) is 3.09. The fourth-order valence-corrected chi connectivity index (χ4v) is 3.83. The Kier molecular flexibility index (Phi) is 4.68. The molecule has 8 heteroatoms. The number of nitro groups is 1. The number of non-ortho nitro benzene ring substituents is 1. The van der Waals surface area contributed by atoms with E-state index in [1.165, 1.54) is 18.5 Å².